The average Bonchev–Trinajstić information content (AvgIpc) is 2.66. The van der Waals surface area contributed by atoms with E-state index in [1.165, 1.54) is 9.21 Å². The molecule has 0 bridgehead atoms. The largest absolute Gasteiger partial charge is 0.491 e. The predicted molar refractivity (Wildman–Crippen MR) is 138 cm³/mol. The quantitative estimate of drug-likeness (QED) is 0.153. The number of rotatable bonds is 12. The van der Waals surface area contributed by atoms with E-state index in [9.17, 15) is 9.59 Å². The number of nitrogens with one attached hydrogen (secondary N) is 1. The molecule has 0 aliphatic carbocycles. The zero-order chi connectivity index (χ0) is 25.1. The van der Waals surface area contributed by atoms with Crippen LogP contribution in [0.3, 0.4) is 0 Å². The summed E-state index contributed by atoms with van der Waals surface area (Å²) in [6.45, 7) is 14.4. The normalized spacial score (nSPS) is 12.7. The van der Waals surface area contributed by atoms with E-state index in [0.29, 0.717) is 32.2 Å². The van der Waals surface area contributed by atoms with Crippen LogP contribution >= 0.6 is 30.4 Å². The van der Waals surface area contributed by atoms with Crippen molar-refractivity contribution in [2.24, 2.45) is 0 Å². The van der Waals surface area contributed by atoms with Crippen LogP contribution in [-0.2, 0) is 29.6 Å². The van der Waals surface area contributed by atoms with Crippen LogP contribution in [0.15, 0.2) is 18.2 Å². The molecule has 0 aliphatic heterocycles. The van der Waals surface area contributed by atoms with Gasteiger partial charge in [0.25, 0.3) is 0 Å². The van der Waals surface area contributed by atoms with Gasteiger partial charge in [0, 0.05) is 27.6 Å². The molecule has 10 heteroatoms. The Labute approximate surface area is 213 Å². The van der Waals surface area contributed by atoms with Gasteiger partial charge >= 0.3 is 12.1 Å². The number of ether oxygens (including phenoxy) is 4. The molecule has 0 saturated carbocycles. The summed E-state index contributed by atoms with van der Waals surface area (Å²) >= 11 is 2.05. The van der Waals surface area contributed by atoms with Gasteiger partial charge < -0.3 is 28.4 Å². The van der Waals surface area contributed by atoms with Crippen LogP contribution in [0, 0.1) is 6.92 Å². The molecule has 0 saturated heterocycles. The lowest BCUT2D eigenvalue weighted by Gasteiger charge is -2.26. The van der Waals surface area contributed by atoms with E-state index >= 15 is 0 Å². The van der Waals surface area contributed by atoms with Gasteiger partial charge in [-0.25, -0.2) is 9.59 Å². The second-order valence-electron chi connectivity index (χ2n) is 9.37. The number of hydrogen-bond donors (Lipinski definition) is 1. The summed E-state index contributed by atoms with van der Waals surface area (Å²) in [7, 11) is 1.27. The van der Waals surface area contributed by atoms with E-state index in [1.54, 1.807) is 41.5 Å². The van der Waals surface area contributed by atoms with Crippen LogP contribution in [0.25, 0.3) is 0 Å². The lowest BCUT2D eigenvalue weighted by molar-refractivity contribution is -0.157. The second-order valence-corrected chi connectivity index (χ2v) is 10.8. The third kappa shape index (κ3) is 13.9. The Morgan fingerprint density at radius 3 is 2.24 bits per heavy atom. The molecule has 188 valence electrons. The molecule has 0 aromatic heterocycles. The molecule has 0 radical (unpaired) electrons. The minimum absolute atomic E-state index is 0.235. The summed E-state index contributed by atoms with van der Waals surface area (Å²) in [6.07, 6.45) is -0.440. The molecule has 0 unspecified atom stereocenters. The van der Waals surface area contributed by atoms with E-state index < -0.39 is 29.3 Å². The molecule has 0 heterocycles. The van der Waals surface area contributed by atoms with Gasteiger partial charge in [-0.2, -0.15) is 0 Å². The van der Waals surface area contributed by atoms with Crippen LogP contribution in [-0.4, -0.2) is 55.7 Å². The van der Waals surface area contributed by atoms with Gasteiger partial charge in [-0.05, 0) is 71.7 Å². The minimum Gasteiger partial charge on any atom is -0.491 e. The van der Waals surface area contributed by atoms with Crippen molar-refractivity contribution in [2.45, 2.75) is 72.1 Å². The number of carbonyl (C=O) groups is 2. The smallest absolute Gasteiger partial charge is 0.408 e. The molecule has 1 atom stereocenters. The van der Waals surface area contributed by atoms with Crippen molar-refractivity contribution in [1.29, 1.82) is 0 Å². The minimum atomic E-state index is -0.910. The lowest BCUT2D eigenvalue weighted by atomic mass is 10.0. The molecular weight excluding hydrogens is 561 g/mol. The third-order valence-corrected chi connectivity index (χ3v) is 5.00. The molecule has 1 rings (SSSR count). The number of aryl methyl sites for hydroxylation is 1. The molecule has 33 heavy (non-hydrogen) atoms. The van der Waals surface area contributed by atoms with Crippen molar-refractivity contribution in [2.75, 3.05) is 26.4 Å². The van der Waals surface area contributed by atoms with Crippen LogP contribution in [0.2, 0.25) is 0 Å². The lowest BCUT2D eigenvalue weighted by Crippen LogP contribution is -2.47. The standard InChI is InChI=1S/C23H36INO7S/c1-16-8-9-18(29-12-10-28-11-13-30-33-24)14-17(16)15-19(20(26)31-22(2,3)4)25-21(27)32-23(5,6)7/h8-9,14,19H,10-13,15H2,1-7H3,(H,25,27)/t19-/m0/s1. The highest BCUT2D eigenvalue weighted by Crippen LogP contribution is 2.21. The number of esters is 1. The predicted octanol–water partition coefficient (Wildman–Crippen LogP) is 5.18. The van der Waals surface area contributed by atoms with E-state index in [0.717, 1.165) is 11.1 Å². The van der Waals surface area contributed by atoms with E-state index in [2.05, 4.69) is 26.5 Å². The number of hydrogen-bond acceptors (Lipinski definition) is 8. The Bertz CT molecular complexity index is 762. The van der Waals surface area contributed by atoms with Crippen LogP contribution in [0.1, 0.15) is 52.7 Å². The maximum absolute atomic E-state index is 12.8. The van der Waals surface area contributed by atoms with Gasteiger partial charge in [0.15, 0.2) is 0 Å². The number of benzene rings is 1. The highest BCUT2D eigenvalue weighted by molar-refractivity contribution is 14.2. The summed E-state index contributed by atoms with van der Waals surface area (Å²) in [6, 6.07) is 4.72. The molecule has 1 aromatic rings. The highest BCUT2D eigenvalue weighted by Gasteiger charge is 2.29. The van der Waals surface area contributed by atoms with Gasteiger partial charge in [-0.3, -0.25) is 0 Å². The fraction of sp³-hybridized carbons (Fsp3) is 0.652. The Hall–Kier alpha value is -1.24. The zero-order valence-corrected chi connectivity index (χ0v) is 23.5. The Morgan fingerprint density at radius 2 is 1.64 bits per heavy atom. The summed E-state index contributed by atoms with van der Waals surface area (Å²) in [5.41, 5.74) is 0.445. The number of carbonyl (C=O) groups excluding carboxylic acids is 2. The fourth-order valence-electron chi connectivity index (χ4n) is 2.64. The van der Waals surface area contributed by atoms with Gasteiger partial charge in [0.2, 0.25) is 0 Å². The van der Waals surface area contributed by atoms with Gasteiger partial charge in [0.1, 0.15) is 29.6 Å². The first-order chi connectivity index (χ1) is 15.3. The molecule has 0 spiro atoms. The van der Waals surface area contributed by atoms with Crippen molar-refractivity contribution >= 4 is 42.5 Å². The topological polar surface area (TPSA) is 92.3 Å². The van der Waals surface area contributed by atoms with Crippen molar-refractivity contribution in [3.63, 3.8) is 0 Å². The van der Waals surface area contributed by atoms with E-state index in [-0.39, 0.29) is 6.42 Å². The molecule has 1 amide bonds. The van der Waals surface area contributed by atoms with Crippen LogP contribution in [0.5, 0.6) is 5.75 Å². The number of alkyl carbamates (subject to hydrolysis) is 1. The molecule has 0 aliphatic rings. The molecular formula is C23H36INO7S. The van der Waals surface area contributed by atoms with Gasteiger partial charge in [-0.1, -0.05) is 6.07 Å². The summed E-state index contributed by atoms with van der Waals surface area (Å²) in [5, 5.41) is 2.66. The maximum atomic E-state index is 12.8. The average molecular weight is 598 g/mol. The van der Waals surface area contributed by atoms with Crippen LogP contribution < -0.4 is 10.1 Å². The van der Waals surface area contributed by atoms with Crippen molar-refractivity contribution in [3.05, 3.63) is 29.3 Å². The van der Waals surface area contributed by atoms with Crippen molar-refractivity contribution in [1.82, 2.24) is 5.32 Å². The van der Waals surface area contributed by atoms with Gasteiger partial charge in [0.05, 0.1) is 29.0 Å². The number of amides is 1. The van der Waals surface area contributed by atoms with E-state index in [1.807, 2.05) is 25.1 Å². The zero-order valence-electron chi connectivity index (χ0n) is 20.5. The monoisotopic (exact) mass is 597 g/mol. The molecule has 8 nitrogen and oxygen atoms in total. The third-order valence-electron chi connectivity index (χ3n) is 3.98. The highest BCUT2D eigenvalue weighted by atomic mass is 127. The summed E-state index contributed by atoms with van der Waals surface area (Å²) < 4.78 is 27.2. The Morgan fingerprint density at radius 1 is 1.00 bits per heavy atom. The fourth-order valence-corrected chi connectivity index (χ4v) is 3.31. The van der Waals surface area contributed by atoms with Crippen LogP contribution in [0.4, 0.5) is 4.79 Å². The Kier molecular flexibility index (Phi) is 12.8. The molecule has 1 aromatic carbocycles. The molecule has 0 fully saturated rings. The SMILES string of the molecule is Cc1ccc(OCCOCCOSI)cc1C[C@H](NC(=O)OC(C)(C)C)C(=O)OC(C)(C)C. The van der Waals surface area contributed by atoms with Gasteiger partial charge in [-0.15, -0.1) is 0 Å². The van der Waals surface area contributed by atoms with Crippen molar-refractivity contribution in [3.8, 4) is 5.75 Å². The summed E-state index contributed by atoms with van der Waals surface area (Å²) in [5.74, 6) is 0.123. The Balaban J connectivity index is 2.84. The van der Waals surface area contributed by atoms with Crippen molar-refractivity contribution < 1.29 is 32.7 Å². The first kappa shape index (κ1) is 29.8. The maximum Gasteiger partial charge on any atom is 0.408 e. The summed E-state index contributed by atoms with van der Waals surface area (Å²) in [4.78, 5) is 25.2. The molecule has 1 N–H and O–H groups in total. The van der Waals surface area contributed by atoms with E-state index in [4.69, 9.17) is 23.1 Å². The first-order valence-corrected chi connectivity index (χ1v) is 14.0. The first-order valence-electron chi connectivity index (χ1n) is 10.7. The second kappa shape index (κ2) is 14.2. The number of halogens is 1.